The minimum absolute atomic E-state index is 0. The molecule has 3 rings (SSSR count). The van der Waals surface area contributed by atoms with Gasteiger partial charge in [-0.25, -0.2) is 9.07 Å². The molecule has 0 saturated carbocycles. The molecule has 5 nitrogen and oxygen atoms in total. The molecule has 7 heteroatoms. The molecule has 0 aliphatic rings. The third-order valence-electron chi connectivity index (χ3n) is 3.99. The summed E-state index contributed by atoms with van der Waals surface area (Å²) in [6, 6.07) is 16.7. The first kappa shape index (κ1) is 20.9. The molecule has 0 atom stereocenters. The lowest BCUT2D eigenvalue weighted by Crippen LogP contribution is -2.38. The van der Waals surface area contributed by atoms with Gasteiger partial charge in [-0.3, -0.25) is 4.99 Å². The van der Waals surface area contributed by atoms with Crippen LogP contribution in [-0.2, 0) is 13.0 Å². The molecule has 0 saturated heterocycles. The molecular weight excluding hydrogens is 456 g/mol. The summed E-state index contributed by atoms with van der Waals surface area (Å²) in [5.41, 5.74) is 2.78. The summed E-state index contributed by atoms with van der Waals surface area (Å²) in [7, 11) is 1.70. The Balaban J connectivity index is 0.00000261. The largest absolute Gasteiger partial charge is 0.356 e. The standard InChI is InChI=1S/C20H22FN5.HI/c1-22-20(24-14-17-7-5-6-10-19(17)21)23-12-11-16-13-25-26(15-16)18-8-3-2-4-9-18;/h2-10,13,15H,11-12,14H2,1H3,(H2,22,23,24);1H. The predicted octanol–water partition coefficient (Wildman–Crippen LogP) is 3.54. The van der Waals surface area contributed by atoms with Crippen molar-refractivity contribution in [1.29, 1.82) is 0 Å². The highest BCUT2D eigenvalue weighted by atomic mass is 127. The number of rotatable bonds is 6. The first-order valence-electron chi connectivity index (χ1n) is 8.53. The second-order valence-corrected chi connectivity index (χ2v) is 5.82. The molecule has 0 radical (unpaired) electrons. The van der Waals surface area contributed by atoms with Gasteiger partial charge in [0.1, 0.15) is 5.82 Å². The molecule has 3 aromatic rings. The number of guanidine groups is 1. The summed E-state index contributed by atoms with van der Waals surface area (Å²) in [4.78, 5) is 4.17. The quantitative estimate of drug-likeness (QED) is 0.323. The SMILES string of the molecule is CN=C(NCCc1cnn(-c2ccccc2)c1)NCc1ccccc1F.I. The number of benzene rings is 2. The minimum Gasteiger partial charge on any atom is -0.356 e. The van der Waals surface area contributed by atoms with Crippen LogP contribution in [0.4, 0.5) is 4.39 Å². The Morgan fingerprint density at radius 2 is 1.81 bits per heavy atom. The summed E-state index contributed by atoms with van der Waals surface area (Å²) >= 11 is 0. The Hall–Kier alpha value is -2.42. The Morgan fingerprint density at radius 3 is 2.56 bits per heavy atom. The van der Waals surface area contributed by atoms with E-state index in [1.807, 2.05) is 53.5 Å². The predicted molar refractivity (Wildman–Crippen MR) is 117 cm³/mol. The molecule has 2 aromatic carbocycles. The maximum Gasteiger partial charge on any atom is 0.191 e. The molecule has 0 aliphatic heterocycles. The molecular formula is C20H23FIN5. The van der Waals surface area contributed by atoms with Crippen molar-refractivity contribution in [2.24, 2.45) is 4.99 Å². The zero-order valence-corrected chi connectivity index (χ0v) is 17.4. The lowest BCUT2D eigenvalue weighted by molar-refractivity contribution is 0.604. The first-order chi connectivity index (χ1) is 12.8. The number of para-hydroxylation sites is 1. The smallest absolute Gasteiger partial charge is 0.191 e. The highest BCUT2D eigenvalue weighted by Crippen LogP contribution is 2.08. The van der Waals surface area contributed by atoms with E-state index in [9.17, 15) is 4.39 Å². The molecule has 1 aromatic heterocycles. The van der Waals surface area contributed by atoms with Gasteiger partial charge in [0, 0.05) is 31.9 Å². The van der Waals surface area contributed by atoms with Crippen LogP contribution in [0.15, 0.2) is 72.0 Å². The highest BCUT2D eigenvalue weighted by Gasteiger charge is 2.04. The van der Waals surface area contributed by atoms with E-state index in [0.29, 0.717) is 24.6 Å². The van der Waals surface area contributed by atoms with Gasteiger partial charge in [0.2, 0.25) is 0 Å². The Kier molecular flexibility index (Phi) is 8.25. The van der Waals surface area contributed by atoms with Crippen LogP contribution in [0.1, 0.15) is 11.1 Å². The van der Waals surface area contributed by atoms with Crippen molar-refractivity contribution < 1.29 is 4.39 Å². The van der Waals surface area contributed by atoms with Gasteiger partial charge >= 0.3 is 0 Å². The van der Waals surface area contributed by atoms with Gasteiger partial charge in [-0.15, -0.1) is 24.0 Å². The Bertz CT molecular complexity index is 864. The molecule has 0 aliphatic carbocycles. The molecule has 0 fully saturated rings. The summed E-state index contributed by atoms with van der Waals surface area (Å²) in [6.07, 6.45) is 4.70. The summed E-state index contributed by atoms with van der Waals surface area (Å²) < 4.78 is 15.5. The fourth-order valence-electron chi connectivity index (χ4n) is 2.58. The van der Waals surface area contributed by atoms with Crippen molar-refractivity contribution in [3.05, 3.63) is 83.9 Å². The topological polar surface area (TPSA) is 54.2 Å². The Morgan fingerprint density at radius 1 is 1.07 bits per heavy atom. The van der Waals surface area contributed by atoms with E-state index < -0.39 is 0 Å². The minimum atomic E-state index is -0.219. The summed E-state index contributed by atoms with van der Waals surface area (Å²) in [5, 5.41) is 10.7. The molecule has 0 amide bonds. The zero-order chi connectivity index (χ0) is 18.2. The van der Waals surface area contributed by atoms with Gasteiger partial charge in [-0.1, -0.05) is 36.4 Å². The van der Waals surface area contributed by atoms with E-state index in [0.717, 1.165) is 17.7 Å². The maximum atomic E-state index is 13.7. The van der Waals surface area contributed by atoms with E-state index in [-0.39, 0.29) is 29.8 Å². The van der Waals surface area contributed by atoms with Crippen LogP contribution >= 0.6 is 24.0 Å². The second-order valence-electron chi connectivity index (χ2n) is 5.82. The second kappa shape index (κ2) is 10.7. The normalized spacial score (nSPS) is 11.0. The highest BCUT2D eigenvalue weighted by molar-refractivity contribution is 14.0. The average molecular weight is 479 g/mol. The number of hydrogen-bond acceptors (Lipinski definition) is 2. The lowest BCUT2D eigenvalue weighted by atomic mass is 10.2. The van der Waals surface area contributed by atoms with E-state index in [1.165, 1.54) is 6.07 Å². The molecule has 0 bridgehead atoms. The fourth-order valence-corrected chi connectivity index (χ4v) is 2.58. The third-order valence-corrected chi connectivity index (χ3v) is 3.99. The van der Waals surface area contributed by atoms with E-state index in [2.05, 4.69) is 20.7 Å². The van der Waals surface area contributed by atoms with E-state index >= 15 is 0 Å². The van der Waals surface area contributed by atoms with Crippen LogP contribution in [-0.4, -0.2) is 29.3 Å². The number of nitrogens with zero attached hydrogens (tertiary/aromatic N) is 3. The number of nitrogens with one attached hydrogen (secondary N) is 2. The van der Waals surface area contributed by atoms with Crippen LogP contribution in [0.2, 0.25) is 0 Å². The van der Waals surface area contributed by atoms with Gasteiger partial charge in [-0.05, 0) is 30.2 Å². The molecule has 142 valence electrons. The van der Waals surface area contributed by atoms with Gasteiger partial charge in [-0.2, -0.15) is 5.10 Å². The van der Waals surface area contributed by atoms with Crippen LogP contribution in [0.3, 0.4) is 0 Å². The van der Waals surface area contributed by atoms with Crippen molar-refractivity contribution in [1.82, 2.24) is 20.4 Å². The zero-order valence-electron chi connectivity index (χ0n) is 15.1. The first-order valence-corrected chi connectivity index (χ1v) is 8.53. The van der Waals surface area contributed by atoms with Crippen molar-refractivity contribution in [3.63, 3.8) is 0 Å². The van der Waals surface area contributed by atoms with Crippen LogP contribution in [0.25, 0.3) is 5.69 Å². The van der Waals surface area contributed by atoms with Crippen molar-refractivity contribution in [2.45, 2.75) is 13.0 Å². The maximum absolute atomic E-state index is 13.7. The van der Waals surface area contributed by atoms with Crippen molar-refractivity contribution in [3.8, 4) is 5.69 Å². The van der Waals surface area contributed by atoms with Gasteiger partial charge in [0.25, 0.3) is 0 Å². The van der Waals surface area contributed by atoms with Gasteiger partial charge in [0.05, 0.1) is 11.9 Å². The number of hydrogen-bond donors (Lipinski definition) is 2. The van der Waals surface area contributed by atoms with Crippen molar-refractivity contribution >= 4 is 29.9 Å². The Labute approximate surface area is 175 Å². The monoisotopic (exact) mass is 479 g/mol. The number of aliphatic imine (C=N–C) groups is 1. The molecule has 0 spiro atoms. The fraction of sp³-hybridized carbons (Fsp3) is 0.200. The average Bonchev–Trinajstić information content (AvgIpc) is 3.15. The number of aromatic nitrogens is 2. The van der Waals surface area contributed by atoms with Crippen molar-refractivity contribution in [2.75, 3.05) is 13.6 Å². The van der Waals surface area contributed by atoms with E-state index in [1.54, 1.807) is 19.2 Å². The van der Waals surface area contributed by atoms with Crippen LogP contribution in [0.5, 0.6) is 0 Å². The van der Waals surface area contributed by atoms with Gasteiger partial charge in [0.15, 0.2) is 5.96 Å². The summed E-state index contributed by atoms with van der Waals surface area (Å²) in [5.74, 6) is 0.424. The van der Waals surface area contributed by atoms with E-state index in [4.69, 9.17) is 0 Å². The number of halogens is 2. The summed E-state index contributed by atoms with van der Waals surface area (Å²) in [6.45, 7) is 1.09. The lowest BCUT2D eigenvalue weighted by Gasteiger charge is -2.12. The molecule has 27 heavy (non-hydrogen) atoms. The third kappa shape index (κ3) is 6.06. The van der Waals surface area contributed by atoms with Crippen LogP contribution < -0.4 is 10.6 Å². The molecule has 2 N–H and O–H groups in total. The molecule has 1 heterocycles. The van der Waals surface area contributed by atoms with Crippen LogP contribution in [0, 0.1) is 5.82 Å². The van der Waals surface area contributed by atoms with Gasteiger partial charge < -0.3 is 10.6 Å². The molecule has 0 unspecified atom stereocenters.